The minimum absolute atomic E-state index is 0.200. The number of benzene rings is 2. The van der Waals surface area contributed by atoms with Crippen LogP contribution in [0.5, 0.6) is 11.5 Å². The average molecular weight is 469 g/mol. The summed E-state index contributed by atoms with van der Waals surface area (Å²) in [5.74, 6) is 1.23. The first-order valence-corrected chi connectivity index (χ1v) is 11.3. The van der Waals surface area contributed by atoms with Gasteiger partial charge < -0.3 is 14.4 Å². The molecule has 8 heteroatoms. The Bertz CT molecular complexity index is 976. The second-order valence-corrected chi connectivity index (χ2v) is 9.53. The molecule has 0 saturated carbocycles. The minimum Gasteiger partial charge on any atom is -0.496 e. The summed E-state index contributed by atoms with van der Waals surface area (Å²) in [7, 11) is 1.84. The fourth-order valence-corrected chi connectivity index (χ4v) is 5.10. The van der Waals surface area contributed by atoms with Crippen molar-refractivity contribution in [3.63, 3.8) is 0 Å². The molecule has 0 aliphatic carbocycles. The molecule has 152 valence electrons. The standard InChI is InChI=1S/C20H25BrN2O4S/c1-5-13-10-14(21)6-9-19(13)28(24,25)22-17-7-8-18(26-4)16-11-15(23(2)3)12-27-20(16)17/h6-10,15,22H,5,11-12H2,1-4H3/t15-/m1/s1. The first kappa shape index (κ1) is 21.0. The van der Waals surface area contributed by atoms with Crippen LogP contribution in [0, 0.1) is 0 Å². The smallest absolute Gasteiger partial charge is 0.262 e. The quantitative estimate of drug-likeness (QED) is 0.699. The zero-order valence-electron chi connectivity index (χ0n) is 16.5. The number of anilines is 1. The molecule has 1 N–H and O–H groups in total. The normalized spacial score (nSPS) is 16.4. The van der Waals surface area contributed by atoms with Crippen molar-refractivity contribution in [2.45, 2.75) is 30.7 Å². The van der Waals surface area contributed by atoms with Crippen LogP contribution in [-0.4, -0.2) is 47.2 Å². The van der Waals surface area contributed by atoms with Gasteiger partial charge in [-0.15, -0.1) is 0 Å². The number of nitrogens with zero attached hydrogens (tertiary/aromatic N) is 1. The molecule has 2 aromatic carbocycles. The van der Waals surface area contributed by atoms with Gasteiger partial charge >= 0.3 is 0 Å². The van der Waals surface area contributed by atoms with E-state index in [0.717, 1.165) is 22.0 Å². The maximum absolute atomic E-state index is 13.1. The Morgan fingerprint density at radius 2 is 2.04 bits per heavy atom. The number of aryl methyl sites for hydroxylation is 1. The molecule has 1 atom stereocenters. The second kappa shape index (κ2) is 8.31. The number of rotatable bonds is 6. The third-order valence-corrected chi connectivity index (χ3v) is 6.92. The molecule has 0 fully saturated rings. The lowest BCUT2D eigenvalue weighted by atomic mass is 10.00. The highest BCUT2D eigenvalue weighted by Gasteiger charge is 2.29. The molecule has 1 aliphatic heterocycles. The van der Waals surface area contributed by atoms with Crippen LogP contribution in [0.2, 0.25) is 0 Å². The second-order valence-electron chi connectivity index (χ2n) is 6.97. The van der Waals surface area contributed by atoms with Crippen molar-refractivity contribution in [3.8, 4) is 11.5 Å². The molecule has 0 bridgehead atoms. The van der Waals surface area contributed by atoms with Crippen LogP contribution in [0.15, 0.2) is 39.7 Å². The molecule has 1 aliphatic rings. The van der Waals surface area contributed by atoms with Crippen LogP contribution >= 0.6 is 15.9 Å². The third-order valence-electron chi connectivity index (χ3n) is 4.96. The van der Waals surface area contributed by atoms with Gasteiger partial charge in [0.05, 0.1) is 17.7 Å². The first-order valence-electron chi connectivity index (χ1n) is 9.07. The third kappa shape index (κ3) is 4.14. The van der Waals surface area contributed by atoms with Gasteiger partial charge in [-0.05, 0) is 62.8 Å². The SMILES string of the molecule is CCc1cc(Br)ccc1S(=O)(=O)Nc1ccc(OC)c2c1OC[C@H](N(C)C)C2. The molecule has 1 heterocycles. The highest BCUT2D eigenvalue weighted by Crippen LogP contribution is 2.40. The van der Waals surface area contributed by atoms with Crippen molar-refractivity contribution >= 4 is 31.6 Å². The lowest BCUT2D eigenvalue weighted by Gasteiger charge is -2.32. The molecule has 0 saturated heterocycles. The summed E-state index contributed by atoms with van der Waals surface area (Å²) in [5.41, 5.74) is 2.05. The van der Waals surface area contributed by atoms with Crippen molar-refractivity contribution in [1.82, 2.24) is 4.90 Å². The number of halogens is 1. The van der Waals surface area contributed by atoms with Gasteiger partial charge in [0, 0.05) is 16.1 Å². The predicted octanol–water partition coefficient (Wildman–Crippen LogP) is 3.69. The Kier molecular flexibility index (Phi) is 6.21. The van der Waals surface area contributed by atoms with Crippen LogP contribution in [-0.2, 0) is 22.9 Å². The highest BCUT2D eigenvalue weighted by molar-refractivity contribution is 9.10. The molecule has 6 nitrogen and oxygen atoms in total. The monoisotopic (exact) mass is 468 g/mol. The Morgan fingerprint density at radius 3 is 2.68 bits per heavy atom. The van der Waals surface area contributed by atoms with Crippen LogP contribution in [0.25, 0.3) is 0 Å². The van der Waals surface area contributed by atoms with Crippen LogP contribution in [0.1, 0.15) is 18.1 Å². The van der Waals surface area contributed by atoms with E-state index in [0.29, 0.717) is 30.2 Å². The summed E-state index contributed by atoms with van der Waals surface area (Å²) in [6.07, 6.45) is 1.33. The topological polar surface area (TPSA) is 67.9 Å². The van der Waals surface area contributed by atoms with E-state index in [4.69, 9.17) is 9.47 Å². The van der Waals surface area contributed by atoms with Crippen molar-refractivity contribution in [1.29, 1.82) is 0 Å². The Morgan fingerprint density at radius 1 is 1.29 bits per heavy atom. The summed E-state index contributed by atoms with van der Waals surface area (Å²) >= 11 is 3.40. The van der Waals surface area contributed by atoms with E-state index < -0.39 is 10.0 Å². The number of hydrogen-bond donors (Lipinski definition) is 1. The number of hydrogen-bond acceptors (Lipinski definition) is 5. The van der Waals surface area contributed by atoms with E-state index in [2.05, 4.69) is 25.6 Å². The minimum atomic E-state index is -3.76. The Labute approximate surface area is 175 Å². The Balaban J connectivity index is 2.01. The summed E-state index contributed by atoms with van der Waals surface area (Å²) < 4.78 is 41.2. The molecular formula is C20H25BrN2O4S. The zero-order chi connectivity index (χ0) is 20.5. The number of nitrogens with one attached hydrogen (secondary N) is 1. The van der Waals surface area contributed by atoms with Crippen LogP contribution < -0.4 is 14.2 Å². The maximum Gasteiger partial charge on any atom is 0.262 e. The lowest BCUT2D eigenvalue weighted by molar-refractivity contribution is 0.164. The first-order chi connectivity index (χ1) is 13.3. The molecule has 28 heavy (non-hydrogen) atoms. The number of likely N-dealkylation sites (N-methyl/N-ethyl adjacent to an activating group) is 1. The van der Waals surface area contributed by atoms with Crippen molar-refractivity contribution in [3.05, 3.63) is 45.9 Å². The van der Waals surface area contributed by atoms with Gasteiger partial charge in [0.15, 0.2) is 0 Å². The lowest BCUT2D eigenvalue weighted by Crippen LogP contribution is -2.38. The zero-order valence-corrected chi connectivity index (χ0v) is 18.9. The Hall–Kier alpha value is -1.77. The largest absolute Gasteiger partial charge is 0.496 e. The van der Waals surface area contributed by atoms with Gasteiger partial charge in [-0.3, -0.25) is 4.72 Å². The van der Waals surface area contributed by atoms with Crippen LogP contribution in [0.3, 0.4) is 0 Å². The van der Waals surface area contributed by atoms with Crippen molar-refractivity contribution < 1.29 is 17.9 Å². The average Bonchev–Trinajstić information content (AvgIpc) is 2.67. The fraction of sp³-hybridized carbons (Fsp3) is 0.400. The number of ether oxygens (including phenoxy) is 2. The van der Waals surface area contributed by atoms with Gasteiger partial charge in [0.1, 0.15) is 18.1 Å². The number of fused-ring (bicyclic) bond motifs is 1. The van der Waals surface area contributed by atoms with E-state index in [1.165, 1.54) is 0 Å². The van der Waals surface area contributed by atoms with Gasteiger partial charge in [-0.2, -0.15) is 0 Å². The maximum atomic E-state index is 13.1. The van der Waals surface area contributed by atoms with Gasteiger partial charge in [-0.25, -0.2) is 8.42 Å². The fourth-order valence-electron chi connectivity index (χ4n) is 3.33. The van der Waals surface area contributed by atoms with Gasteiger partial charge in [0.2, 0.25) is 0 Å². The summed E-state index contributed by atoms with van der Waals surface area (Å²) in [6, 6.07) is 8.85. The van der Waals surface area contributed by atoms with E-state index in [-0.39, 0.29) is 10.9 Å². The molecule has 0 radical (unpaired) electrons. The number of sulfonamides is 1. The molecule has 0 spiro atoms. The molecule has 0 unspecified atom stereocenters. The molecule has 2 aromatic rings. The number of methoxy groups -OCH3 is 1. The summed E-state index contributed by atoms with van der Waals surface area (Å²) in [4.78, 5) is 2.36. The molecule has 3 rings (SSSR count). The molecule has 0 amide bonds. The van der Waals surface area contributed by atoms with Crippen molar-refractivity contribution in [2.75, 3.05) is 32.5 Å². The van der Waals surface area contributed by atoms with E-state index >= 15 is 0 Å². The predicted molar refractivity (Wildman–Crippen MR) is 114 cm³/mol. The van der Waals surface area contributed by atoms with Gasteiger partial charge in [0.25, 0.3) is 10.0 Å². The highest BCUT2D eigenvalue weighted by atomic mass is 79.9. The van der Waals surface area contributed by atoms with Gasteiger partial charge in [-0.1, -0.05) is 22.9 Å². The summed E-state index contributed by atoms with van der Waals surface area (Å²) in [5, 5.41) is 0. The van der Waals surface area contributed by atoms with Crippen LogP contribution in [0.4, 0.5) is 5.69 Å². The van der Waals surface area contributed by atoms with E-state index in [1.54, 1.807) is 31.4 Å². The van der Waals surface area contributed by atoms with E-state index in [9.17, 15) is 8.42 Å². The molecular weight excluding hydrogens is 444 g/mol. The molecule has 0 aromatic heterocycles. The summed E-state index contributed by atoms with van der Waals surface area (Å²) in [6.45, 7) is 2.42. The van der Waals surface area contributed by atoms with Crippen molar-refractivity contribution in [2.24, 2.45) is 0 Å². The van der Waals surface area contributed by atoms with E-state index in [1.807, 2.05) is 27.1 Å².